The third kappa shape index (κ3) is 3.73. The van der Waals surface area contributed by atoms with Crippen LogP contribution in [0.4, 0.5) is 0 Å². The predicted molar refractivity (Wildman–Crippen MR) is 119 cm³/mol. The van der Waals surface area contributed by atoms with Crippen molar-refractivity contribution in [3.05, 3.63) is 82.3 Å². The first-order chi connectivity index (χ1) is 14.5. The lowest BCUT2D eigenvalue weighted by atomic mass is 10.1. The van der Waals surface area contributed by atoms with Crippen LogP contribution < -0.4 is 10.9 Å². The standard InChI is InChI=1S/C24H26N4O2/c1-16(13-14-19-9-5-4-6-10-19)25-24(30)18(3)28-21-12-8-7-11-20(21)23-26-22(29)15-17(2)27(23)28/h4-12,15-16,18H,13-14H2,1-3H3,(H,25,30). The molecule has 0 aliphatic rings. The molecule has 0 fully saturated rings. The first-order valence-corrected chi connectivity index (χ1v) is 10.3. The van der Waals surface area contributed by atoms with E-state index in [2.05, 4.69) is 22.4 Å². The Labute approximate surface area is 175 Å². The SMILES string of the molecule is Cc1cc(=O)nc2c3ccccc3n(C(C)C(=O)NC(C)CCc3ccccc3)n12. The van der Waals surface area contributed by atoms with E-state index < -0.39 is 6.04 Å². The van der Waals surface area contributed by atoms with Gasteiger partial charge in [0.25, 0.3) is 5.56 Å². The Hall–Kier alpha value is -3.41. The molecule has 154 valence electrons. The van der Waals surface area contributed by atoms with E-state index >= 15 is 0 Å². The molecule has 30 heavy (non-hydrogen) atoms. The molecule has 0 aliphatic carbocycles. The molecule has 2 atom stereocenters. The molecule has 1 amide bonds. The van der Waals surface area contributed by atoms with Gasteiger partial charge in [-0.25, -0.2) is 4.52 Å². The molecule has 0 spiro atoms. The quantitative estimate of drug-likeness (QED) is 0.535. The Kier molecular flexibility index (Phi) is 5.40. The zero-order chi connectivity index (χ0) is 21.3. The fourth-order valence-electron chi connectivity index (χ4n) is 3.96. The second kappa shape index (κ2) is 8.14. The average molecular weight is 402 g/mol. The number of aromatic nitrogens is 3. The fourth-order valence-corrected chi connectivity index (χ4v) is 3.96. The van der Waals surface area contributed by atoms with Crippen LogP contribution in [-0.2, 0) is 11.2 Å². The molecule has 1 N–H and O–H groups in total. The number of hydrogen-bond acceptors (Lipinski definition) is 3. The number of fused-ring (bicyclic) bond motifs is 3. The van der Waals surface area contributed by atoms with E-state index in [9.17, 15) is 9.59 Å². The Morgan fingerprint density at radius 3 is 2.53 bits per heavy atom. The lowest BCUT2D eigenvalue weighted by Crippen LogP contribution is -2.38. The van der Waals surface area contributed by atoms with E-state index in [-0.39, 0.29) is 17.5 Å². The molecular formula is C24H26N4O2. The first kappa shape index (κ1) is 19.9. The number of hydrogen-bond donors (Lipinski definition) is 1. The zero-order valence-electron chi connectivity index (χ0n) is 17.5. The van der Waals surface area contributed by atoms with Crippen molar-refractivity contribution in [3.8, 4) is 0 Å². The zero-order valence-corrected chi connectivity index (χ0v) is 17.5. The number of nitrogens with one attached hydrogen (secondary N) is 1. The maximum atomic E-state index is 13.1. The topological polar surface area (TPSA) is 68.4 Å². The molecule has 2 aromatic heterocycles. The second-order valence-corrected chi connectivity index (χ2v) is 7.84. The van der Waals surface area contributed by atoms with Gasteiger partial charge in [-0.05, 0) is 51.3 Å². The summed E-state index contributed by atoms with van der Waals surface area (Å²) in [4.78, 5) is 29.3. The van der Waals surface area contributed by atoms with E-state index in [4.69, 9.17) is 0 Å². The molecule has 6 heteroatoms. The summed E-state index contributed by atoms with van der Waals surface area (Å²) in [6.07, 6.45) is 1.78. The minimum Gasteiger partial charge on any atom is -0.352 e. The highest BCUT2D eigenvalue weighted by molar-refractivity contribution is 5.94. The van der Waals surface area contributed by atoms with Crippen LogP contribution in [-0.4, -0.2) is 26.1 Å². The second-order valence-electron chi connectivity index (χ2n) is 7.84. The highest BCUT2D eigenvalue weighted by Gasteiger charge is 2.23. The summed E-state index contributed by atoms with van der Waals surface area (Å²) >= 11 is 0. The summed E-state index contributed by atoms with van der Waals surface area (Å²) in [7, 11) is 0. The minimum absolute atomic E-state index is 0.0470. The largest absolute Gasteiger partial charge is 0.352 e. The number of nitrogens with zero attached hydrogens (tertiary/aromatic N) is 3. The average Bonchev–Trinajstić information content (AvgIpc) is 3.07. The summed E-state index contributed by atoms with van der Waals surface area (Å²) in [6, 6.07) is 19.1. The Morgan fingerprint density at radius 1 is 1.07 bits per heavy atom. The molecule has 4 rings (SSSR count). The summed E-state index contributed by atoms with van der Waals surface area (Å²) < 4.78 is 3.79. The number of para-hydroxylation sites is 1. The molecule has 2 heterocycles. The van der Waals surface area contributed by atoms with E-state index in [1.54, 1.807) is 0 Å². The van der Waals surface area contributed by atoms with Crippen molar-refractivity contribution in [3.63, 3.8) is 0 Å². The van der Waals surface area contributed by atoms with Crippen LogP contribution >= 0.6 is 0 Å². The van der Waals surface area contributed by atoms with Crippen LogP contribution in [0.2, 0.25) is 0 Å². The smallest absolute Gasteiger partial charge is 0.273 e. The molecule has 4 aromatic rings. The van der Waals surface area contributed by atoms with Crippen LogP contribution in [0.15, 0.2) is 65.5 Å². The molecule has 0 saturated carbocycles. The van der Waals surface area contributed by atoms with Crippen molar-refractivity contribution in [1.82, 2.24) is 19.5 Å². The predicted octanol–water partition coefficient (Wildman–Crippen LogP) is 3.66. The number of aryl methyl sites for hydroxylation is 2. The van der Waals surface area contributed by atoms with Crippen molar-refractivity contribution >= 4 is 22.5 Å². The number of benzene rings is 2. The molecule has 2 aromatic carbocycles. The Balaban J connectivity index is 1.61. The van der Waals surface area contributed by atoms with Gasteiger partial charge >= 0.3 is 0 Å². The number of carbonyl (C=O) groups excluding carboxylic acids is 1. The summed E-state index contributed by atoms with van der Waals surface area (Å²) in [5.74, 6) is -0.0590. The van der Waals surface area contributed by atoms with Gasteiger partial charge in [0.05, 0.1) is 5.52 Å². The third-order valence-electron chi connectivity index (χ3n) is 5.53. The monoisotopic (exact) mass is 402 g/mol. The maximum absolute atomic E-state index is 13.1. The van der Waals surface area contributed by atoms with Crippen LogP contribution in [0.1, 0.15) is 37.6 Å². The molecule has 6 nitrogen and oxygen atoms in total. The van der Waals surface area contributed by atoms with Gasteiger partial charge in [-0.2, -0.15) is 4.98 Å². The number of amides is 1. The van der Waals surface area contributed by atoms with Gasteiger partial charge in [-0.1, -0.05) is 42.5 Å². The highest BCUT2D eigenvalue weighted by Crippen LogP contribution is 2.25. The van der Waals surface area contributed by atoms with Crippen LogP contribution in [0, 0.1) is 6.92 Å². The summed E-state index contributed by atoms with van der Waals surface area (Å²) in [6.45, 7) is 5.77. The van der Waals surface area contributed by atoms with Gasteiger partial charge in [-0.3, -0.25) is 14.3 Å². The summed E-state index contributed by atoms with van der Waals surface area (Å²) in [5.41, 5.74) is 3.19. The van der Waals surface area contributed by atoms with E-state index in [1.165, 1.54) is 11.6 Å². The molecular weight excluding hydrogens is 376 g/mol. The fraction of sp³-hybridized carbons (Fsp3) is 0.292. The summed E-state index contributed by atoms with van der Waals surface area (Å²) in [5, 5.41) is 4.00. The van der Waals surface area contributed by atoms with E-state index in [0.717, 1.165) is 29.4 Å². The van der Waals surface area contributed by atoms with Gasteiger partial charge in [0.1, 0.15) is 6.04 Å². The van der Waals surface area contributed by atoms with Crippen LogP contribution in [0.3, 0.4) is 0 Å². The third-order valence-corrected chi connectivity index (χ3v) is 5.53. The first-order valence-electron chi connectivity index (χ1n) is 10.3. The number of carbonyl (C=O) groups is 1. The van der Waals surface area contributed by atoms with Crippen molar-refractivity contribution in [1.29, 1.82) is 0 Å². The van der Waals surface area contributed by atoms with E-state index in [0.29, 0.717) is 5.65 Å². The van der Waals surface area contributed by atoms with Gasteiger partial charge in [0, 0.05) is 23.2 Å². The van der Waals surface area contributed by atoms with Crippen molar-refractivity contribution in [2.75, 3.05) is 0 Å². The van der Waals surface area contributed by atoms with Gasteiger partial charge in [0.15, 0.2) is 5.65 Å². The minimum atomic E-state index is -0.463. The lowest BCUT2D eigenvalue weighted by Gasteiger charge is -2.21. The molecule has 0 bridgehead atoms. The molecule has 0 saturated heterocycles. The molecule has 0 aliphatic heterocycles. The lowest BCUT2D eigenvalue weighted by molar-refractivity contribution is -0.124. The normalized spacial score (nSPS) is 13.4. The van der Waals surface area contributed by atoms with Gasteiger partial charge < -0.3 is 5.32 Å². The van der Waals surface area contributed by atoms with Crippen molar-refractivity contribution in [2.45, 2.75) is 45.7 Å². The van der Waals surface area contributed by atoms with Crippen molar-refractivity contribution < 1.29 is 4.79 Å². The van der Waals surface area contributed by atoms with Crippen LogP contribution in [0.5, 0.6) is 0 Å². The van der Waals surface area contributed by atoms with Gasteiger partial charge in [0.2, 0.25) is 5.91 Å². The van der Waals surface area contributed by atoms with Crippen LogP contribution in [0.25, 0.3) is 16.6 Å². The molecule has 0 radical (unpaired) electrons. The maximum Gasteiger partial charge on any atom is 0.273 e. The van der Waals surface area contributed by atoms with Crippen molar-refractivity contribution in [2.24, 2.45) is 0 Å². The molecule has 2 unspecified atom stereocenters. The van der Waals surface area contributed by atoms with E-state index in [1.807, 2.05) is 72.4 Å². The Bertz CT molecular complexity index is 1260. The number of rotatable bonds is 6. The Morgan fingerprint density at radius 2 is 1.77 bits per heavy atom. The highest BCUT2D eigenvalue weighted by atomic mass is 16.2. The van der Waals surface area contributed by atoms with Gasteiger partial charge in [-0.15, -0.1) is 0 Å².